The number of hydrogen-bond acceptors (Lipinski definition) is 8. The third-order valence-corrected chi connectivity index (χ3v) is 5.92. The number of furan rings is 1. The van der Waals surface area contributed by atoms with Crippen molar-refractivity contribution in [3.8, 4) is 0 Å². The number of nitrogens with two attached hydrogens (primary N) is 1. The van der Waals surface area contributed by atoms with Gasteiger partial charge in [-0.3, -0.25) is 19.5 Å². The Morgan fingerprint density at radius 3 is 2.73 bits per heavy atom. The Morgan fingerprint density at radius 2 is 2.07 bits per heavy atom. The molecular formula is C19H20N6O4S. The van der Waals surface area contributed by atoms with Crippen LogP contribution in [0.4, 0.5) is 11.6 Å². The first-order valence-electron chi connectivity index (χ1n) is 9.43. The van der Waals surface area contributed by atoms with Gasteiger partial charge in [-0.2, -0.15) is 0 Å². The van der Waals surface area contributed by atoms with Crippen LogP contribution in [0.1, 0.15) is 34.5 Å². The van der Waals surface area contributed by atoms with Crippen molar-refractivity contribution in [3.63, 3.8) is 0 Å². The minimum atomic E-state index is -0.703. The van der Waals surface area contributed by atoms with Crippen LogP contribution in [0.25, 0.3) is 0 Å². The van der Waals surface area contributed by atoms with Crippen LogP contribution in [0.2, 0.25) is 0 Å². The molecule has 0 bridgehead atoms. The van der Waals surface area contributed by atoms with Gasteiger partial charge in [0.05, 0.1) is 17.7 Å². The highest BCUT2D eigenvalue weighted by molar-refractivity contribution is 7.98. The number of aromatic nitrogens is 3. The number of hydrogen-bond donors (Lipinski definition) is 1. The Balaban J connectivity index is 1.60. The first-order valence-corrected chi connectivity index (χ1v) is 10.4. The summed E-state index contributed by atoms with van der Waals surface area (Å²) in [5.74, 6) is 1.13. The molecule has 10 nitrogen and oxygen atoms in total. The van der Waals surface area contributed by atoms with Gasteiger partial charge >= 0.3 is 0 Å². The summed E-state index contributed by atoms with van der Waals surface area (Å²) in [5, 5.41) is 20.8. The van der Waals surface area contributed by atoms with Crippen LogP contribution in [-0.2, 0) is 12.3 Å². The van der Waals surface area contributed by atoms with Gasteiger partial charge in [0.15, 0.2) is 5.16 Å². The van der Waals surface area contributed by atoms with Crippen molar-refractivity contribution in [2.24, 2.45) is 5.73 Å². The number of anilines is 1. The second-order valence-electron chi connectivity index (χ2n) is 6.90. The highest BCUT2D eigenvalue weighted by Crippen LogP contribution is 2.31. The largest absolute Gasteiger partial charge is 0.467 e. The highest BCUT2D eigenvalue weighted by Gasteiger charge is 2.23. The number of primary amides is 1. The van der Waals surface area contributed by atoms with Gasteiger partial charge in [-0.05, 0) is 31.0 Å². The van der Waals surface area contributed by atoms with Crippen molar-refractivity contribution < 1.29 is 14.1 Å². The van der Waals surface area contributed by atoms with E-state index in [9.17, 15) is 14.9 Å². The molecule has 1 saturated heterocycles. The fourth-order valence-electron chi connectivity index (χ4n) is 3.39. The number of thioether (sulfide) groups is 1. The average molecular weight is 428 g/mol. The van der Waals surface area contributed by atoms with Crippen molar-refractivity contribution in [1.29, 1.82) is 0 Å². The predicted molar refractivity (Wildman–Crippen MR) is 110 cm³/mol. The summed E-state index contributed by atoms with van der Waals surface area (Å²) in [7, 11) is 0. The molecule has 30 heavy (non-hydrogen) atoms. The van der Waals surface area contributed by atoms with E-state index in [1.165, 1.54) is 23.9 Å². The van der Waals surface area contributed by atoms with Crippen molar-refractivity contribution >= 4 is 29.3 Å². The summed E-state index contributed by atoms with van der Waals surface area (Å²) in [6, 6.07) is 7.97. The molecule has 0 saturated carbocycles. The topological polar surface area (TPSA) is 133 Å². The third kappa shape index (κ3) is 4.15. The van der Waals surface area contributed by atoms with E-state index in [1.54, 1.807) is 12.3 Å². The van der Waals surface area contributed by atoms with Gasteiger partial charge in [-0.1, -0.05) is 17.8 Å². The average Bonchev–Trinajstić information content (AvgIpc) is 3.49. The molecule has 1 amide bonds. The third-order valence-electron chi connectivity index (χ3n) is 4.90. The number of amides is 1. The standard InChI is InChI=1S/C19H20N6O4S/c20-17(26)13-5-6-14(16(10-13)25(27)28)12-30-19-22-21-18(23-7-1-2-8-23)24(19)11-15-4-3-9-29-15/h3-6,9-10H,1-2,7-8,11-12H2,(H2,20,26). The molecule has 156 valence electrons. The fraction of sp³-hybridized carbons (Fsp3) is 0.316. The number of carbonyl (C=O) groups is 1. The van der Waals surface area contributed by atoms with Gasteiger partial charge in [0.2, 0.25) is 11.9 Å². The van der Waals surface area contributed by atoms with Crippen LogP contribution >= 0.6 is 11.8 Å². The normalized spacial score (nSPS) is 13.7. The zero-order chi connectivity index (χ0) is 21.1. The van der Waals surface area contributed by atoms with Gasteiger partial charge in [0.25, 0.3) is 5.69 Å². The summed E-state index contributed by atoms with van der Waals surface area (Å²) >= 11 is 1.35. The molecule has 4 rings (SSSR count). The molecule has 0 unspecified atom stereocenters. The molecular weight excluding hydrogens is 408 g/mol. The van der Waals surface area contributed by atoms with Crippen molar-refractivity contribution in [2.75, 3.05) is 18.0 Å². The Labute approximate surface area is 176 Å². The number of nitrogens with zero attached hydrogens (tertiary/aromatic N) is 5. The molecule has 3 aromatic rings. The lowest BCUT2D eigenvalue weighted by atomic mass is 10.1. The molecule has 0 atom stereocenters. The molecule has 0 radical (unpaired) electrons. The fourth-order valence-corrected chi connectivity index (χ4v) is 4.32. The minimum Gasteiger partial charge on any atom is -0.467 e. The Kier molecular flexibility index (Phi) is 5.70. The van der Waals surface area contributed by atoms with Crippen LogP contribution in [0.5, 0.6) is 0 Å². The van der Waals surface area contributed by atoms with Crippen LogP contribution in [0.15, 0.2) is 46.2 Å². The molecule has 0 spiro atoms. The van der Waals surface area contributed by atoms with Crippen LogP contribution in [0.3, 0.4) is 0 Å². The molecule has 2 N–H and O–H groups in total. The summed E-state index contributed by atoms with van der Waals surface area (Å²) in [4.78, 5) is 24.5. The monoisotopic (exact) mass is 428 g/mol. The number of carbonyl (C=O) groups excluding carboxylic acids is 1. The lowest BCUT2D eigenvalue weighted by molar-refractivity contribution is -0.385. The van der Waals surface area contributed by atoms with E-state index in [2.05, 4.69) is 15.1 Å². The maximum Gasteiger partial charge on any atom is 0.274 e. The SMILES string of the molecule is NC(=O)c1ccc(CSc2nnc(N3CCCC3)n2Cc2ccco2)c([N+](=O)[O-])c1. The van der Waals surface area contributed by atoms with E-state index >= 15 is 0 Å². The van der Waals surface area contributed by atoms with Crippen molar-refractivity contribution in [2.45, 2.75) is 30.3 Å². The summed E-state index contributed by atoms with van der Waals surface area (Å²) in [5.41, 5.74) is 5.68. The number of nitro groups is 1. The number of rotatable bonds is 8. The molecule has 1 fully saturated rings. The number of nitro benzene ring substituents is 1. The lowest BCUT2D eigenvalue weighted by Crippen LogP contribution is -2.22. The van der Waals surface area contributed by atoms with Gasteiger partial charge in [0.1, 0.15) is 5.76 Å². The molecule has 1 aliphatic heterocycles. The van der Waals surface area contributed by atoms with Crippen LogP contribution in [-0.4, -0.2) is 38.7 Å². The van der Waals surface area contributed by atoms with Crippen LogP contribution in [0, 0.1) is 10.1 Å². The quantitative estimate of drug-likeness (QED) is 0.329. The van der Waals surface area contributed by atoms with E-state index < -0.39 is 10.8 Å². The van der Waals surface area contributed by atoms with Gasteiger partial charge in [-0.15, -0.1) is 10.2 Å². The Hall–Kier alpha value is -3.34. The van der Waals surface area contributed by atoms with E-state index in [0.717, 1.165) is 37.6 Å². The van der Waals surface area contributed by atoms with E-state index in [0.29, 0.717) is 23.0 Å². The molecule has 3 heterocycles. The summed E-state index contributed by atoms with van der Waals surface area (Å²) < 4.78 is 7.46. The van der Waals surface area contributed by atoms with Gasteiger partial charge in [-0.25, -0.2) is 0 Å². The highest BCUT2D eigenvalue weighted by atomic mass is 32.2. The minimum absolute atomic E-state index is 0.104. The first kappa shape index (κ1) is 20.0. The first-order chi connectivity index (χ1) is 14.5. The second kappa shape index (κ2) is 8.57. The Morgan fingerprint density at radius 1 is 1.27 bits per heavy atom. The zero-order valence-corrected chi connectivity index (χ0v) is 16.9. The van der Waals surface area contributed by atoms with Crippen molar-refractivity contribution in [1.82, 2.24) is 14.8 Å². The van der Waals surface area contributed by atoms with E-state index in [-0.39, 0.29) is 11.3 Å². The maximum atomic E-state index is 11.5. The maximum absolute atomic E-state index is 11.5. The zero-order valence-electron chi connectivity index (χ0n) is 16.1. The summed E-state index contributed by atoms with van der Waals surface area (Å²) in [6.07, 6.45) is 3.83. The van der Waals surface area contributed by atoms with E-state index in [1.807, 2.05) is 16.7 Å². The predicted octanol–water partition coefficient (Wildman–Crippen LogP) is 2.82. The molecule has 1 aliphatic rings. The molecule has 11 heteroatoms. The second-order valence-corrected chi connectivity index (χ2v) is 7.84. The van der Waals surface area contributed by atoms with E-state index in [4.69, 9.17) is 10.2 Å². The van der Waals surface area contributed by atoms with Crippen LogP contribution < -0.4 is 10.6 Å². The Bertz CT molecular complexity index is 1060. The molecule has 1 aromatic carbocycles. The summed E-state index contributed by atoms with van der Waals surface area (Å²) in [6.45, 7) is 2.30. The lowest BCUT2D eigenvalue weighted by Gasteiger charge is -2.17. The number of benzene rings is 1. The molecule has 2 aromatic heterocycles. The van der Waals surface area contributed by atoms with Gasteiger partial charge in [0, 0.05) is 36.0 Å². The molecule has 0 aliphatic carbocycles. The smallest absolute Gasteiger partial charge is 0.274 e. The van der Waals surface area contributed by atoms with Crippen molar-refractivity contribution in [3.05, 3.63) is 63.6 Å². The van der Waals surface area contributed by atoms with Gasteiger partial charge < -0.3 is 15.1 Å².